The molecule has 3 heterocycles. The third-order valence-corrected chi connectivity index (χ3v) is 10.4. The summed E-state index contributed by atoms with van der Waals surface area (Å²) < 4.78 is 45.8. The van der Waals surface area contributed by atoms with Gasteiger partial charge in [0.05, 0.1) is 37.9 Å². The summed E-state index contributed by atoms with van der Waals surface area (Å²) in [5, 5.41) is 0. The number of likely N-dealkylation sites (N-methyl/N-ethyl adjacent to an activating group) is 1. The van der Waals surface area contributed by atoms with Crippen molar-refractivity contribution in [1.82, 2.24) is 23.9 Å². The Labute approximate surface area is 240 Å². The molecular weight excluding hydrogens is 534 g/mol. The molecule has 3 fully saturated rings. The minimum absolute atomic E-state index is 0.0339. The molecule has 12 heteroatoms. The number of nitrogens with zero attached hydrogens (tertiary/aromatic N) is 5. The van der Waals surface area contributed by atoms with E-state index in [1.165, 1.54) is 0 Å². The standard InChI is InChI=1S/C28H47N5O6S/c1-23-18-26(37-4)19-24(2)28(23)40(35,36)33-13-8-29(3)20-25(33)21-39-22-27(34)32-11-9-30(10-12-32)6-5-7-31-14-16-38-17-15-31/h18-19,25H,5-17,20-22H2,1-4H3. The van der Waals surface area contributed by atoms with Gasteiger partial charge in [-0.2, -0.15) is 4.31 Å². The molecule has 0 aromatic heterocycles. The first-order valence-electron chi connectivity index (χ1n) is 14.4. The molecule has 1 unspecified atom stereocenters. The third-order valence-electron chi connectivity index (χ3n) is 8.18. The van der Waals surface area contributed by atoms with Crippen molar-refractivity contribution in [2.24, 2.45) is 0 Å². The van der Waals surface area contributed by atoms with Crippen LogP contribution in [0, 0.1) is 13.8 Å². The van der Waals surface area contributed by atoms with Crippen LogP contribution >= 0.6 is 0 Å². The second kappa shape index (κ2) is 14.4. The lowest BCUT2D eigenvalue weighted by atomic mass is 10.1. The Morgan fingerprint density at radius 2 is 1.57 bits per heavy atom. The van der Waals surface area contributed by atoms with E-state index < -0.39 is 10.0 Å². The highest BCUT2D eigenvalue weighted by molar-refractivity contribution is 7.89. The highest BCUT2D eigenvalue weighted by Crippen LogP contribution is 2.30. The first-order valence-corrected chi connectivity index (χ1v) is 15.9. The van der Waals surface area contributed by atoms with Gasteiger partial charge in [-0.05, 0) is 63.7 Å². The van der Waals surface area contributed by atoms with Crippen LogP contribution in [0.1, 0.15) is 17.5 Å². The maximum Gasteiger partial charge on any atom is 0.248 e. The maximum absolute atomic E-state index is 13.8. The molecule has 0 bridgehead atoms. The molecule has 226 valence electrons. The van der Waals surface area contributed by atoms with Crippen molar-refractivity contribution in [1.29, 1.82) is 0 Å². The Hall–Kier alpha value is -1.80. The largest absolute Gasteiger partial charge is 0.497 e. The van der Waals surface area contributed by atoms with Crippen molar-refractivity contribution < 1.29 is 27.4 Å². The van der Waals surface area contributed by atoms with E-state index in [0.29, 0.717) is 54.5 Å². The number of carbonyl (C=O) groups excluding carboxylic acids is 1. The number of rotatable bonds is 11. The smallest absolute Gasteiger partial charge is 0.248 e. The first kappa shape index (κ1) is 31.1. The predicted octanol–water partition coefficient (Wildman–Crippen LogP) is 0.500. The number of piperazine rings is 2. The van der Waals surface area contributed by atoms with Gasteiger partial charge in [0, 0.05) is 58.9 Å². The van der Waals surface area contributed by atoms with Crippen molar-refractivity contribution in [3.8, 4) is 5.75 Å². The zero-order chi connectivity index (χ0) is 28.7. The van der Waals surface area contributed by atoms with E-state index in [-0.39, 0.29) is 25.2 Å². The Balaban J connectivity index is 1.25. The van der Waals surface area contributed by atoms with Gasteiger partial charge in [0.2, 0.25) is 15.9 Å². The molecule has 0 saturated carbocycles. The molecule has 3 aliphatic heterocycles. The summed E-state index contributed by atoms with van der Waals surface area (Å²) in [5.41, 5.74) is 1.32. The van der Waals surface area contributed by atoms with Crippen LogP contribution in [-0.4, -0.2) is 157 Å². The number of hydrogen-bond acceptors (Lipinski definition) is 9. The zero-order valence-electron chi connectivity index (χ0n) is 24.6. The summed E-state index contributed by atoms with van der Waals surface area (Å²) in [7, 11) is -0.199. The molecule has 0 N–H and O–H groups in total. The molecular formula is C28H47N5O6S. The summed E-state index contributed by atoms with van der Waals surface area (Å²) in [6.45, 7) is 14.3. The number of morpholine rings is 1. The van der Waals surface area contributed by atoms with Gasteiger partial charge in [-0.1, -0.05) is 0 Å². The molecule has 1 aromatic carbocycles. The number of amides is 1. The van der Waals surface area contributed by atoms with Crippen LogP contribution in [-0.2, 0) is 24.3 Å². The molecule has 3 saturated heterocycles. The van der Waals surface area contributed by atoms with Crippen molar-refractivity contribution in [2.45, 2.75) is 31.2 Å². The molecule has 11 nitrogen and oxygen atoms in total. The second-order valence-corrected chi connectivity index (χ2v) is 13.0. The zero-order valence-corrected chi connectivity index (χ0v) is 25.5. The Morgan fingerprint density at radius 1 is 0.950 bits per heavy atom. The van der Waals surface area contributed by atoms with Crippen molar-refractivity contribution >= 4 is 15.9 Å². The van der Waals surface area contributed by atoms with Crippen LogP contribution in [0.4, 0.5) is 0 Å². The van der Waals surface area contributed by atoms with Crippen LogP contribution in [0.5, 0.6) is 5.75 Å². The van der Waals surface area contributed by atoms with E-state index in [9.17, 15) is 13.2 Å². The highest BCUT2D eigenvalue weighted by atomic mass is 32.2. The number of hydrogen-bond donors (Lipinski definition) is 0. The van der Waals surface area contributed by atoms with Crippen molar-refractivity contribution in [3.05, 3.63) is 23.3 Å². The topological polar surface area (TPSA) is 95.1 Å². The SMILES string of the molecule is COc1cc(C)c(S(=O)(=O)N2CCN(C)CC2COCC(=O)N2CCN(CCCN3CCOCC3)CC2)c(C)c1. The molecule has 0 aliphatic carbocycles. The lowest BCUT2D eigenvalue weighted by molar-refractivity contribution is -0.138. The van der Waals surface area contributed by atoms with Crippen molar-refractivity contribution in [2.75, 3.05) is 113 Å². The molecule has 0 radical (unpaired) electrons. The molecule has 1 aromatic rings. The molecule has 40 heavy (non-hydrogen) atoms. The Kier molecular flexibility index (Phi) is 11.2. The molecule has 1 amide bonds. The molecule has 0 spiro atoms. The van der Waals surface area contributed by atoms with Gasteiger partial charge in [0.15, 0.2) is 0 Å². The quantitative estimate of drug-likeness (QED) is 0.370. The maximum atomic E-state index is 13.8. The number of sulfonamides is 1. The predicted molar refractivity (Wildman–Crippen MR) is 153 cm³/mol. The van der Waals surface area contributed by atoms with E-state index in [0.717, 1.165) is 58.9 Å². The minimum atomic E-state index is -3.75. The van der Waals surface area contributed by atoms with E-state index in [1.54, 1.807) is 37.4 Å². The van der Waals surface area contributed by atoms with Gasteiger partial charge in [-0.25, -0.2) is 8.42 Å². The highest BCUT2D eigenvalue weighted by Gasteiger charge is 2.37. The molecule has 4 rings (SSSR count). The van der Waals surface area contributed by atoms with Gasteiger partial charge >= 0.3 is 0 Å². The summed E-state index contributed by atoms with van der Waals surface area (Å²) in [5.74, 6) is 0.605. The average molecular weight is 582 g/mol. The van der Waals surface area contributed by atoms with E-state index >= 15 is 0 Å². The fraction of sp³-hybridized carbons (Fsp3) is 0.750. The van der Waals surface area contributed by atoms with Crippen LogP contribution in [0.2, 0.25) is 0 Å². The number of ether oxygens (including phenoxy) is 3. The monoisotopic (exact) mass is 581 g/mol. The Morgan fingerprint density at radius 3 is 2.20 bits per heavy atom. The number of benzene rings is 1. The summed E-state index contributed by atoms with van der Waals surface area (Å²) >= 11 is 0. The van der Waals surface area contributed by atoms with Gasteiger partial charge in [-0.15, -0.1) is 0 Å². The second-order valence-electron chi connectivity index (χ2n) is 11.2. The Bertz CT molecular complexity index is 1070. The van der Waals surface area contributed by atoms with E-state index in [1.807, 2.05) is 11.9 Å². The lowest BCUT2D eigenvalue weighted by Crippen LogP contribution is -2.56. The fourth-order valence-corrected chi connectivity index (χ4v) is 7.94. The minimum Gasteiger partial charge on any atom is -0.497 e. The van der Waals surface area contributed by atoms with Gasteiger partial charge in [0.1, 0.15) is 12.4 Å². The normalized spacial score (nSPS) is 22.5. The first-order chi connectivity index (χ1) is 19.2. The third kappa shape index (κ3) is 7.93. The lowest BCUT2D eigenvalue weighted by Gasteiger charge is -2.39. The van der Waals surface area contributed by atoms with Crippen LogP contribution in [0.3, 0.4) is 0 Å². The number of carbonyl (C=O) groups is 1. The fourth-order valence-electron chi connectivity index (χ4n) is 5.94. The van der Waals surface area contributed by atoms with E-state index in [2.05, 4.69) is 14.7 Å². The van der Waals surface area contributed by atoms with Crippen molar-refractivity contribution in [3.63, 3.8) is 0 Å². The number of methoxy groups -OCH3 is 1. The van der Waals surface area contributed by atoms with Gasteiger partial charge in [0.25, 0.3) is 0 Å². The summed E-state index contributed by atoms with van der Waals surface area (Å²) in [6.07, 6.45) is 1.13. The number of aryl methyl sites for hydroxylation is 2. The van der Waals surface area contributed by atoms with Crippen LogP contribution in [0.25, 0.3) is 0 Å². The van der Waals surface area contributed by atoms with E-state index in [4.69, 9.17) is 14.2 Å². The van der Waals surface area contributed by atoms with Gasteiger partial charge < -0.3 is 24.0 Å². The van der Waals surface area contributed by atoms with Crippen LogP contribution < -0.4 is 4.74 Å². The average Bonchev–Trinajstić information content (AvgIpc) is 2.93. The summed E-state index contributed by atoms with van der Waals surface area (Å²) in [6, 6.07) is 3.13. The van der Waals surface area contributed by atoms with Crippen LogP contribution in [0.15, 0.2) is 17.0 Å². The molecule has 1 atom stereocenters. The van der Waals surface area contributed by atoms with Gasteiger partial charge in [-0.3, -0.25) is 14.6 Å². The summed E-state index contributed by atoms with van der Waals surface area (Å²) in [4.78, 5) is 22.1. The molecule has 3 aliphatic rings.